The molecule has 1 spiro atoms. The fourth-order valence-corrected chi connectivity index (χ4v) is 3.40. The molecule has 2 heterocycles. The lowest BCUT2D eigenvalue weighted by atomic mass is 9.94. The molecule has 0 saturated heterocycles. The van der Waals surface area contributed by atoms with Gasteiger partial charge in [-0.25, -0.2) is 0 Å². The standard InChI is InChI=1S/C16H18N/c1-4-13-5-2-8-16(15(13)7-1)14-6-3-9-17(12-14)10-11-17/h2,5-6,8,10-11H,1,3-4,7,9,12H2/q+1. The molecule has 1 aromatic rings. The second-order valence-electron chi connectivity index (χ2n) is 5.60. The maximum Gasteiger partial charge on any atom is 0.155 e. The maximum atomic E-state index is 2.47. The second kappa shape index (κ2) is 3.33. The molecule has 4 rings (SSSR count). The molecule has 0 amide bonds. The van der Waals surface area contributed by atoms with Crippen molar-refractivity contribution < 1.29 is 4.48 Å². The first-order valence-corrected chi connectivity index (χ1v) is 6.73. The van der Waals surface area contributed by atoms with Gasteiger partial charge in [-0.05, 0) is 36.0 Å². The lowest BCUT2D eigenvalue weighted by Gasteiger charge is -2.25. The molecule has 0 aromatic heterocycles. The predicted molar refractivity (Wildman–Crippen MR) is 70.2 cm³/mol. The van der Waals surface area contributed by atoms with E-state index >= 15 is 0 Å². The van der Waals surface area contributed by atoms with Crippen LogP contribution in [0, 0.1) is 0 Å². The molecule has 1 aromatic carbocycles. The van der Waals surface area contributed by atoms with E-state index < -0.39 is 0 Å². The second-order valence-corrected chi connectivity index (χ2v) is 5.60. The van der Waals surface area contributed by atoms with Gasteiger partial charge in [-0.3, -0.25) is 4.48 Å². The first kappa shape index (κ1) is 9.67. The zero-order valence-electron chi connectivity index (χ0n) is 10.2. The van der Waals surface area contributed by atoms with Crippen LogP contribution in [-0.4, -0.2) is 17.6 Å². The minimum Gasteiger partial charge on any atom is -0.258 e. The van der Waals surface area contributed by atoms with Gasteiger partial charge >= 0.3 is 0 Å². The summed E-state index contributed by atoms with van der Waals surface area (Å²) in [7, 11) is 0. The highest BCUT2D eigenvalue weighted by Gasteiger charge is 2.37. The smallest absolute Gasteiger partial charge is 0.155 e. The Kier molecular flexibility index (Phi) is 1.89. The molecular weight excluding hydrogens is 206 g/mol. The number of fused-ring (bicyclic) bond motifs is 1. The number of hydrogen-bond acceptors (Lipinski definition) is 0. The first-order valence-electron chi connectivity index (χ1n) is 6.73. The summed E-state index contributed by atoms with van der Waals surface area (Å²) in [5.74, 6) is 0. The quantitative estimate of drug-likeness (QED) is 0.642. The van der Waals surface area contributed by atoms with Crippen LogP contribution in [0.25, 0.3) is 5.57 Å². The molecule has 2 aliphatic heterocycles. The van der Waals surface area contributed by atoms with Crippen molar-refractivity contribution in [2.75, 3.05) is 13.1 Å². The SMILES string of the molecule is C1=C[N+]12CCC=C(c1cccc3c1CCC3)C2. The van der Waals surface area contributed by atoms with E-state index in [1.165, 1.54) is 38.8 Å². The number of aryl methyl sites for hydroxylation is 1. The van der Waals surface area contributed by atoms with Gasteiger partial charge in [0.05, 0.1) is 6.54 Å². The van der Waals surface area contributed by atoms with E-state index in [4.69, 9.17) is 0 Å². The number of benzene rings is 1. The maximum absolute atomic E-state index is 2.47. The van der Waals surface area contributed by atoms with E-state index in [0.29, 0.717) is 0 Å². The van der Waals surface area contributed by atoms with Crippen LogP contribution in [0.1, 0.15) is 29.5 Å². The molecule has 1 aliphatic carbocycles. The van der Waals surface area contributed by atoms with E-state index in [1.54, 1.807) is 22.3 Å². The number of quaternary nitrogens is 1. The lowest BCUT2D eigenvalue weighted by Crippen LogP contribution is -2.31. The minimum atomic E-state index is 1.13. The van der Waals surface area contributed by atoms with Crippen molar-refractivity contribution in [2.45, 2.75) is 25.7 Å². The highest BCUT2D eigenvalue weighted by molar-refractivity contribution is 5.71. The Hall–Kier alpha value is -1.34. The Morgan fingerprint density at radius 2 is 2.00 bits per heavy atom. The van der Waals surface area contributed by atoms with Crippen LogP contribution < -0.4 is 0 Å². The van der Waals surface area contributed by atoms with Gasteiger partial charge in [0.2, 0.25) is 0 Å². The van der Waals surface area contributed by atoms with Gasteiger partial charge in [0.15, 0.2) is 12.4 Å². The van der Waals surface area contributed by atoms with Crippen LogP contribution in [0.2, 0.25) is 0 Å². The van der Waals surface area contributed by atoms with Crippen LogP contribution >= 0.6 is 0 Å². The van der Waals surface area contributed by atoms with Gasteiger partial charge in [0.1, 0.15) is 6.54 Å². The molecular formula is C16H18N+. The van der Waals surface area contributed by atoms with Crippen molar-refractivity contribution in [1.82, 2.24) is 0 Å². The lowest BCUT2D eigenvalue weighted by molar-refractivity contribution is -0.760. The molecule has 1 nitrogen and oxygen atoms in total. The molecule has 86 valence electrons. The van der Waals surface area contributed by atoms with Gasteiger partial charge in [0.25, 0.3) is 0 Å². The Morgan fingerprint density at radius 1 is 1.06 bits per heavy atom. The van der Waals surface area contributed by atoms with Gasteiger partial charge in [-0.1, -0.05) is 24.3 Å². The predicted octanol–water partition coefficient (Wildman–Crippen LogP) is 3.26. The van der Waals surface area contributed by atoms with Crippen molar-refractivity contribution in [3.05, 3.63) is 53.4 Å². The van der Waals surface area contributed by atoms with E-state index in [2.05, 4.69) is 36.7 Å². The highest BCUT2D eigenvalue weighted by atomic mass is 15.4. The third-order valence-corrected chi connectivity index (χ3v) is 4.46. The van der Waals surface area contributed by atoms with Crippen LogP contribution in [-0.2, 0) is 12.8 Å². The van der Waals surface area contributed by atoms with Crippen molar-refractivity contribution in [3.8, 4) is 0 Å². The van der Waals surface area contributed by atoms with Crippen LogP contribution in [0.4, 0.5) is 0 Å². The summed E-state index contributed by atoms with van der Waals surface area (Å²) in [5, 5.41) is 0. The van der Waals surface area contributed by atoms with E-state index in [1.807, 2.05) is 0 Å². The van der Waals surface area contributed by atoms with Crippen LogP contribution in [0.5, 0.6) is 0 Å². The molecule has 17 heavy (non-hydrogen) atoms. The topological polar surface area (TPSA) is 0 Å². The Labute approximate surface area is 103 Å². The summed E-state index contributed by atoms with van der Waals surface area (Å²) in [4.78, 5) is 0. The van der Waals surface area contributed by atoms with Gasteiger partial charge in [0, 0.05) is 12.0 Å². The number of rotatable bonds is 1. The van der Waals surface area contributed by atoms with E-state index in [-0.39, 0.29) is 0 Å². The fourth-order valence-electron chi connectivity index (χ4n) is 3.40. The zero-order valence-corrected chi connectivity index (χ0v) is 10.2. The largest absolute Gasteiger partial charge is 0.258 e. The monoisotopic (exact) mass is 224 g/mol. The fraction of sp³-hybridized carbons (Fsp3) is 0.375. The van der Waals surface area contributed by atoms with Crippen molar-refractivity contribution in [1.29, 1.82) is 0 Å². The summed E-state index contributed by atoms with van der Waals surface area (Å²) in [6.45, 7) is 2.47. The average molecular weight is 224 g/mol. The molecule has 1 heteroatoms. The third-order valence-electron chi connectivity index (χ3n) is 4.46. The third kappa shape index (κ3) is 1.49. The average Bonchev–Trinajstić information content (AvgIpc) is 2.94. The van der Waals surface area contributed by atoms with Gasteiger partial charge in [-0.15, -0.1) is 0 Å². The Balaban J connectivity index is 1.75. The summed E-state index contributed by atoms with van der Waals surface area (Å²) in [6, 6.07) is 6.89. The van der Waals surface area contributed by atoms with Crippen molar-refractivity contribution in [2.24, 2.45) is 0 Å². The summed E-state index contributed by atoms with van der Waals surface area (Å²) < 4.78 is 1.13. The highest BCUT2D eigenvalue weighted by Crippen LogP contribution is 2.37. The number of nitrogens with zero attached hydrogens (tertiary/aromatic N) is 1. The molecule has 0 bridgehead atoms. The summed E-state index contributed by atoms with van der Waals surface area (Å²) >= 11 is 0. The van der Waals surface area contributed by atoms with Gasteiger partial charge in [-0.2, -0.15) is 0 Å². The normalized spacial score (nSPS) is 23.6. The van der Waals surface area contributed by atoms with Crippen molar-refractivity contribution in [3.63, 3.8) is 0 Å². The van der Waals surface area contributed by atoms with Gasteiger partial charge < -0.3 is 0 Å². The number of hydrogen-bond donors (Lipinski definition) is 0. The molecule has 0 saturated carbocycles. The molecule has 0 N–H and O–H groups in total. The molecule has 0 radical (unpaired) electrons. The van der Waals surface area contributed by atoms with Crippen LogP contribution in [0.15, 0.2) is 36.7 Å². The summed E-state index contributed by atoms with van der Waals surface area (Å²) in [6.07, 6.45) is 12.3. The minimum absolute atomic E-state index is 1.13. The Morgan fingerprint density at radius 3 is 2.88 bits per heavy atom. The van der Waals surface area contributed by atoms with E-state index in [9.17, 15) is 0 Å². The molecule has 0 fully saturated rings. The molecule has 3 aliphatic rings. The Bertz CT molecular complexity index is 530. The molecule has 0 unspecified atom stereocenters. The first-order chi connectivity index (χ1) is 8.36. The zero-order chi connectivity index (χ0) is 11.3. The van der Waals surface area contributed by atoms with Crippen LogP contribution in [0.3, 0.4) is 0 Å². The summed E-state index contributed by atoms with van der Waals surface area (Å²) in [5.41, 5.74) is 6.37. The van der Waals surface area contributed by atoms with E-state index in [0.717, 1.165) is 4.48 Å². The van der Waals surface area contributed by atoms with Crippen molar-refractivity contribution >= 4 is 5.57 Å². The molecule has 0 atom stereocenters.